The number of aryl methyl sites for hydroxylation is 3. The predicted molar refractivity (Wildman–Crippen MR) is 162 cm³/mol. The van der Waals surface area contributed by atoms with E-state index in [1.807, 2.05) is 25.1 Å². The Morgan fingerprint density at radius 2 is 2.02 bits per heavy atom. The molecule has 0 saturated carbocycles. The van der Waals surface area contributed by atoms with Crippen molar-refractivity contribution in [2.45, 2.75) is 51.5 Å². The third-order valence-corrected chi connectivity index (χ3v) is 7.41. The number of carboxylic acids is 1. The maximum absolute atomic E-state index is 12.2. The summed E-state index contributed by atoms with van der Waals surface area (Å²) in [5, 5.41) is 16.5. The molecule has 220 valence electrons. The molecule has 0 radical (unpaired) electrons. The number of ether oxygens (including phenoxy) is 1. The van der Waals surface area contributed by atoms with E-state index in [1.54, 1.807) is 18.5 Å². The molecule has 4 aromatic heterocycles. The maximum atomic E-state index is 12.2. The van der Waals surface area contributed by atoms with Crippen LogP contribution in [-0.4, -0.2) is 79.7 Å². The quantitative estimate of drug-likeness (QED) is 0.178. The number of anilines is 2. The number of carbonyl (C=O) groups is 1. The Hall–Kier alpha value is -4.38. The fraction of sp³-hybridized carbons (Fsp3) is 0.419. The van der Waals surface area contributed by atoms with E-state index in [1.165, 1.54) is 11.9 Å². The van der Waals surface area contributed by atoms with E-state index >= 15 is 0 Å². The molecule has 0 aromatic carbocycles. The van der Waals surface area contributed by atoms with Gasteiger partial charge in [-0.1, -0.05) is 6.07 Å². The Bertz CT molecular complexity index is 1460. The van der Waals surface area contributed by atoms with Gasteiger partial charge in [0.25, 0.3) is 0 Å². The van der Waals surface area contributed by atoms with E-state index in [2.05, 4.69) is 47.6 Å². The second-order valence-electron chi connectivity index (χ2n) is 10.5. The molecule has 1 aliphatic rings. The van der Waals surface area contributed by atoms with Crippen molar-refractivity contribution in [3.63, 3.8) is 0 Å². The first-order chi connectivity index (χ1) is 20.5. The lowest BCUT2D eigenvalue weighted by Gasteiger charge is -2.25. The first-order valence-corrected chi connectivity index (χ1v) is 14.6. The van der Waals surface area contributed by atoms with Crippen molar-refractivity contribution >= 4 is 28.6 Å². The minimum atomic E-state index is -0.938. The van der Waals surface area contributed by atoms with Gasteiger partial charge in [0.15, 0.2) is 5.82 Å². The Morgan fingerprint density at radius 1 is 1.10 bits per heavy atom. The van der Waals surface area contributed by atoms with Crippen LogP contribution in [0, 0.1) is 6.92 Å². The second kappa shape index (κ2) is 14.5. The van der Waals surface area contributed by atoms with Crippen LogP contribution in [0.15, 0.2) is 55.1 Å². The fourth-order valence-electron chi connectivity index (χ4n) is 5.05. The number of nitrogens with zero attached hydrogens (tertiary/aromatic N) is 6. The van der Waals surface area contributed by atoms with Crippen molar-refractivity contribution in [3.05, 3.63) is 72.1 Å². The molecule has 0 saturated heterocycles. The lowest BCUT2D eigenvalue weighted by Crippen LogP contribution is -2.37. The minimum Gasteiger partial charge on any atom is -0.491 e. The molecular weight excluding hydrogens is 532 g/mol. The molecule has 1 aliphatic heterocycles. The van der Waals surface area contributed by atoms with Crippen LogP contribution in [0.2, 0.25) is 0 Å². The van der Waals surface area contributed by atoms with Gasteiger partial charge in [0, 0.05) is 37.2 Å². The van der Waals surface area contributed by atoms with Crippen LogP contribution in [0.4, 0.5) is 11.6 Å². The van der Waals surface area contributed by atoms with E-state index in [0.717, 1.165) is 68.1 Å². The van der Waals surface area contributed by atoms with E-state index in [9.17, 15) is 9.90 Å². The summed E-state index contributed by atoms with van der Waals surface area (Å²) >= 11 is 0. The van der Waals surface area contributed by atoms with Crippen molar-refractivity contribution in [2.75, 3.05) is 43.4 Å². The molecule has 0 unspecified atom stereocenters. The number of pyridine rings is 3. The van der Waals surface area contributed by atoms with Gasteiger partial charge in [-0.3, -0.25) is 14.9 Å². The predicted octanol–water partition coefficient (Wildman–Crippen LogP) is 4.14. The van der Waals surface area contributed by atoms with Crippen LogP contribution in [0.25, 0.3) is 11.0 Å². The largest absolute Gasteiger partial charge is 0.491 e. The van der Waals surface area contributed by atoms with Crippen LogP contribution in [-0.2, 0) is 17.6 Å². The smallest absolute Gasteiger partial charge is 0.326 e. The zero-order valence-electron chi connectivity index (χ0n) is 24.0. The minimum absolute atomic E-state index is 0.387. The molecule has 11 heteroatoms. The summed E-state index contributed by atoms with van der Waals surface area (Å²) in [5.74, 6) is 1.23. The molecule has 11 nitrogen and oxygen atoms in total. The van der Waals surface area contributed by atoms with Crippen molar-refractivity contribution < 1.29 is 14.6 Å². The third kappa shape index (κ3) is 8.10. The number of unbranched alkanes of at least 4 members (excludes halogenated alkanes) is 1. The van der Waals surface area contributed by atoms with E-state index < -0.39 is 12.0 Å². The van der Waals surface area contributed by atoms with E-state index in [4.69, 9.17) is 9.72 Å². The van der Waals surface area contributed by atoms with Gasteiger partial charge in [0.2, 0.25) is 0 Å². The van der Waals surface area contributed by atoms with Crippen molar-refractivity contribution in [3.8, 4) is 5.75 Å². The molecule has 4 aromatic rings. The first kappa shape index (κ1) is 29.1. The van der Waals surface area contributed by atoms with Crippen LogP contribution in [0.3, 0.4) is 0 Å². The Labute approximate surface area is 245 Å². The molecule has 5 heterocycles. The van der Waals surface area contributed by atoms with E-state index in [-0.39, 0.29) is 0 Å². The summed E-state index contributed by atoms with van der Waals surface area (Å²) in [5.41, 5.74) is 4.55. The molecule has 5 rings (SSSR count). The fourth-order valence-corrected chi connectivity index (χ4v) is 5.05. The summed E-state index contributed by atoms with van der Waals surface area (Å²) in [6.45, 7) is 5.47. The van der Waals surface area contributed by atoms with Crippen molar-refractivity contribution in [2.24, 2.45) is 0 Å². The summed E-state index contributed by atoms with van der Waals surface area (Å²) in [7, 11) is 0. The van der Waals surface area contributed by atoms with Crippen LogP contribution >= 0.6 is 0 Å². The van der Waals surface area contributed by atoms with Gasteiger partial charge < -0.3 is 20.5 Å². The topological polar surface area (TPSA) is 138 Å². The monoisotopic (exact) mass is 570 g/mol. The van der Waals surface area contributed by atoms with Gasteiger partial charge in [-0.25, -0.2) is 19.7 Å². The maximum Gasteiger partial charge on any atom is 0.326 e. The zero-order chi connectivity index (χ0) is 29.1. The molecule has 42 heavy (non-hydrogen) atoms. The normalized spacial score (nSPS) is 13.4. The average molecular weight is 571 g/mol. The van der Waals surface area contributed by atoms with Gasteiger partial charge in [-0.15, -0.1) is 0 Å². The molecular formula is C31H38N8O3. The first-order valence-electron chi connectivity index (χ1n) is 14.6. The molecule has 0 aliphatic carbocycles. The highest BCUT2D eigenvalue weighted by Crippen LogP contribution is 2.21. The number of rotatable bonds is 15. The lowest BCUT2D eigenvalue weighted by molar-refractivity contribution is -0.138. The molecule has 0 amide bonds. The highest BCUT2D eigenvalue weighted by Gasteiger charge is 2.21. The number of carboxylic acid groups (broad SMARTS) is 1. The Balaban J connectivity index is 1.17. The number of nitrogens with one attached hydrogen (secondary N) is 2. The van der Waals surface area contributed by atoms with Crippen molar-refractivity contribution in [1.29, 1.82) is 0 Å². The van der Waals surface area contributed by atoms with Gasteiger partial charge in [0.1, 0.15) is 36.1 Å². The van der Waals surface area contributed by atoms with Gasteiger partial charge >= 0.3 is 5.97 Å². The lowest BCUT2D eigenvalue weighted by atomic mass is 10.1. The number of aromatic nitrogens is 5. The summed E-state index contributed by atoms with van der Waals surface area (Å²) < 4.78 is 5.94. The number of hydrogen-bond donors (Lipinski definition) is 3. The van der Waals surface area contributed by atoms with Crippen LogP contribution in [0.5, 0.6) is 5.75 Å². The number of aliphatic carboxylic acids is 1. The zero-order valence-corrected chi connectivity index (χ0v) is 24.0. The van der Waals surface area contributed by atoms with Crippen molar-refractivity contribution in [1.82, 2.24) is 29.8 Å². The van der Waals surface area contributed by atoms with Gasteiger partial charge in [-0.2, -0.15) is 0 Å². The van der Waals surface area contributed by atoms with Crippen LogP contribution in [0.1, 0.15) is 42.6 Å². The second-order valence-corrected chi connectivity index (χ2v) is 10.5. The SMILES string of the molecule is Cc1ccc(OCCN(CCCCc2ccc3c(n2)NCCC3)CC[C@H](Nc2ncnc3cccnc23)C(=O)O)cn1. The Morgan fingerprint density at radius 3 is 2.88 bits per heavy atom. The number of fused-ring (bicyclic) bond motifs is 2. The standard InChI is InChI=1S/C31H38N8O3/c1-22-9-12-25(20-34-22)42-19-18-39(16-3-2-7-24-11-10-23-6-4-15-33-29(23)37-24)17-13-27(31(40)41)38-30-28-26(35-21-36-30)8-5-14-32-28/h5,8-12,14,20-21,27H,2-4,6-7,13,15-19H2,1H3,(H,33,37)(H,40,41)(H,35,36,38)/t27-/m0/s1. The molecule has 0 spiro atoms. The molecule has 0 bridgehead atoms. The highest BCUT2D eigenvalue weighted by molar-refractivity contribution is 5.87. The van der Waals surface area contributed by atoms with Crippen LogP contribution < -0.4 is 15.4 Å². The Kier molecular flexibility index (Phi) is 10.1. The molecule has 1 atom stereocenters. The molecule has 3 N–H and O–H groups in total. The molecule has 0 fully saturated rings. The summed E-state index contributed by atoms with van der Waals surface area (Å²) in [6, 6.07) is 11.0. The summed E-state index contributed by atoms with van der Waals surface area (Å²) in [4.78, 5) is 36.4. The number of hydrogen-bond acceptors (Lipinski definition) is 10. The highest BCUT2D eigenvalue weighted by atomic mass is 16.5. The van der Waals surface area contributed by atoms with Gasteiger partial charge in [0.05, 0.1) is 11.7 Å². The van der Waals surface area contributed by atoms with E-state index in [0.29, 0.717) is 43.0 Å². The average Bonchev–Trinajstić information content (AvgIpc) is 3.01. The summed E-state index contributed by atoms with van der Waals surface area (Å²) in [6.07, 6.45) is 10.3. The van der Waals surface area contributed by atoms with Gasteiger partial charge in [-0.05, 0) is 87.9 Å². The third-order valence-electron chi connectivity index (χ3n) is 7.41.